The lowest BCUT2D eigenvalue weighted by atomic mass is 9.86. The first-order chi connectivity index (χ1) is 8.75. The molecule has 112 valence electrons. The molecule has 7 heteroatoms. The highest BCUT2D eigenvalue weighted by atomic mass is 19.4. The second kappa shape index (κ2) is 6.45. The van der Waals surface area contributed by atoms with E-state index in [-0.39, 0.29) is 6.54 Å². The van der Waals surface area contributed by atoms with Crippen molar-refractivity contribution in [3.8, 4) is 0 Å². The fraction of sp³-hybridized carbons (Fsp3) is 0.917. The van der Waals surface area contributed by atoms with Crippen molar-refractivity contribution in [1.29, 1.82) is 0 Å². The number of rotatable bonds is 4. The number of hydrogen-bond acceptors (Lipinski definition) is 3. The first-order valence-corrected chi connectivity index (χ1v) is 6.52. The van der Waals surface area contributed by atoms with Crippen LogP contribution in [0.5, 0.6) is 0 Å². The molecule has 0 saturated carbocycles. The van der Waals surface area contributed by atoms with E-state index in [0.717, 1.165) is 12.8 Å². The monoisotopic (exact) mass is 281 g/mol. The van der Waals surface area contributed by atoms with E-state index in [1.165, 1.54) is 0 Å². The fourth-order valence-corrected chi connectivity index (χ4v) is 2.49. The highest BCUT2D eigenvalue weighted by molar-refractivity contribution is 5.83. The molecule has 0 spiro atoms. The molecule has 3 N–H and O–H groups in total. The summed E-state index contributed by atoms with van der Waals surface area (Å²) < 4.78 is 38.5. The van der Waals surface area contributed by atoms with Crippen LogP contribution in [0.25, 0.3) is 0 Å². The van der Waals surface area contributed by atoms with E-state index in [4.69, 9.17) is 10.9 Å². The summed E-state index contributed by atoms with van der Waals surface area (Å²) in [7, 11) is 0. The van der Waals surface area contributed by atoms with Crippen LogP contribution in [0.1, 0.15) is 26.7 Å². The van der Waals surface area contributed by atoms with E-state index in [1.807, 2.05) is 0 Å². The van der Waals surface area contributed by atoms with Gasteiger partial charge in [-0.2, -0.15) is 13.2 Å². The van der Waals surface area contributed by atoms with E-state index < -0.39 is 17.9 Å². The molecule has 1 aliphatic heterocycles. The number of amidine groups is 1. The molecule has 0 aromatic carbocycles. The van der Waals surface area contributed by atoms with Crippen LogP contribution in [0.2, 0.25) is 0 Å². The molecule has 1 atom stereocenters. The Morgan fingerprint density at radius 2 is 1.89 bits per heavy atom. The van der Waals surface area contributed by atoms with Crippen LogP contribution in [-0.4, -0.2) is 41.8 Å². The number of oxime groups is 1. The van der Waals surface area contributed by atoms with E-state index >= 15 is 0 Å². The third-order valence-corrected chi connectivity index (χ3v) is 3.88. The van der Waals surface area contributed by atoms with Crippen molar-refractivity contribution in [2.24, 2.45) is 28.6 Å². The van der Waals surface area contributed by atoms with Crippen LogP contribution in [0.3, 0.4) is 0 Å². The van der Waals surface area contributed by atoms with Gasteiger partial charge in [-0.15, -0.1) is 0 Å². The molecule has 0 bridgehead atoms. The highest BCUT2D eigenvalue weighted by Crippen LogP contribution is 2.30. The first kappa shape index (κ1) is 16.1. The predicted octanol–water partition coefficient (Wildman–Crippen LogP) is 2.28. The number of nitrogens with zero attached hydrogens (tertiary/aromatic N) is 2. The van der Waals surface area contributed by atoms with Gasteiger partial charge < -0.3 is 15.8 Å². The van der Waals surface area contributed by atoms with Gasteiger partial charge in [-0.25, -0.2) is 0 Å². The molecular weight excluding hydrogens is 259 g/mol. The second-order valence-corrected chi connectivity index (χ2v) is 5.50. The van der Waals surface area contributed by atoms with Gasteiger partial charge in [0.05, 0.1) is 0 Å². The Kier molecular flexibility index (Phi) is 5.46. The Morgan fingerprint density at radius 1 is 1.37 bits per heavy atom. The Bertz CT molecular complexity index is 310. The molecule has 0 aromatic rings. The van der Waals surface area contributed by atoms with Crippen LogP contribution in [0.4, 0.5) is 13.2 Å². The summed E-state index contributed by atoms with van der Waals surface area (Å²) in [5, 5.41) is 11.0. The molecule has 1 rings (SSSR count). The molecule has 19 heavy (non-hydrogen) atoms. The molecule has 1 unspecified atom stereocenters. The standard InChI is InChI=1S/C12H22F3N3O/c1-8(2)9-3-5-18(6-4-9)7-10(11(16)17-19)12(13,14)15/h8-10,19H,3-7H2,1-2H3,(H2,16,17). The molecule has 0 aromatic heterocycles. The number of hydrogen-bond donors (Lipinski definition) is 2. The van der Waals surface area contributed by atoms with Gasteiger partial charge in [-0.1, -0.05) is 19.0 Å². The van der Waals surface area contributed by atoms with Crippen LogP contribution < -0.4 is 5.73 Å². The smallest absolute Gasteiger partial charge is 0.400 e. The minimum atomic E-state index is -4.48. The van der Waals surface area contributed by atoms with Crippen LogP contribution >= 0.6 is 0 Å². The average Bonchev–Trinajstić information content (AvgIpc) is 2.34. The zero-order valence-electron chi connectivity index (χ0n) is 11.3. The summed E-state index contributed by atoms with van der Waals surface area (Å²) in [6.45, 7) is 5.30. The molecule has 1 fully saturated rings. The molecule has 1 heterocycles. The van der Waals surface area contributed by atoms with Gasteiger partial charge in [0.15, 0.2) is 5.84 Å². The van der Waals surface area contributed by atoms with Gasteiger partial charge in [0.1, 0.15) is 5.92 Å². The van der Waals surface area contributed by atoms with Crippen LogP contribution in [-0.2, 0) is 0 Å². The number of alkyl halides is 3. The van der Waals surface area contributed by atoms with Crippen LogP contribution in [0.15, 0.2) is 5.16 Å². The predicted molar refractivity (Wildman–Crippen MR) is 67.0 cm³/mol. The topological polar surface area (TPSA) is 61.8 Å². The number of nitrogens with two attached hydrogens (primary N) is 1. The third kappa shape index (κ3) is 4.56. The number of halogens is 3. The van der Waals surface area contributed by atoms with E-state index in [0.29, 0.717) is 24.9 Å². The van der Waals surface area contributed by atoms with Crippen molar-refractivity contribution in [3.63, 3.8) is 0 Å². The maximum Gasteiger partial charge on any atom is 0.400 e. The molecule has 0 amide bonds. The lowest BCUT2D eigenvalue weighted by Crippen LogP contribution is -2.46. The van der Waals surface area contributed by atoms with Gasteiger partial charge in [-0.05, 0) is 37.8 Å². The van der Waals surface area contributed by atoms with Crippen molar-refractivity contribution in [1.82, 2.24) is 4.90 Å². The summed E-state index contributed by atoms with van der Waals surface area (Å²) in [5.74, 6) is -1.53. The fourth-order valence-electron chi connectivity index (χ4n) is 2.49. The summed E-state index contributed by atoms with van der Waals surface area (Å²) in [6, 6.07) is 0. The summed E-state index contributed by atoms with van der Waals surface area (Å²) in [4.78, 5) is 1.75. The number of likely N-dealkylation sites (tertiary alicyclic amines) is 1. The minimum absolute atomic E-state index is 0.232. The van der Waals surface area contributed by atoms with Gasteiger partial charge in [-0.3, -0.25) is 0 Å². The Balaban J connectivity index is 2.58. The van der Waals surface area contributed by atoms with Gasteiger partial charge >= 0.3 is 6.18 Å². The Morgan fingerprint density at radius 3 is 2.26 bits per heavy atom. The van der Waals surface area contributed by atoms with Gasteiger partial charge in [0.25, 0.3) is 0 Å². The molecule has 0 aliphatic carbocycles. The normalized spacial score (nSPS) is 21.9. The summed E-state index contributed by atoms with van der Waals surface area (Å²) >= 11 is 0. The maximum absolute atomic E-state index is 12.8. The maximum atomic E-state index is 12.8. The molecule has 1 aliphatic rings. The Labute approximate surface area is 111 Å². The average molecular weight is 281 g/mol. The van der Waals surface area contributed by atoms with Crippen molar-refractivity contribution in [2.45, 2.75) is 32.9 Å². The highest BCUT2D eigenvalue weighted by Gasteiger charge is 2.44. The zero-order chi connectivity index (χ0) is 14.6. The largest absolute Gasteiger partial charge is 0.409 e. The second-order valence-electron chi connectivity index (χ2n) is 5.50. The van der Waals surface area contributed by atoms with E-state index in [9.17, 15) is 13.2 Å². The van der Waals surface area contributed by atoms with Gasteiger partial charge in [0, 0.05) is 6.54 Å². The van der Waals surface area contributed by atoms with Crippen molar-refractivity contribution in [2.75, 3.05) is 19.6 Å². The minimum Gasteiger partial charge on any atom is -0.409 e. The van der Waals surface area contributed by atoms with E-state index in [2.05, 4.69) is 19.0 Å². The molecular formula is C12H22F3N3O. The van der Waals surface area contributed by atoms with E-state index in [1.54, 1.807) is 4.90 Å². The lowest BCUT2D eigenvalue weighted by Gasteiger charge is -2.35. The zero-order valence-corrected chi connectivity index (χ0v) is 11.3. The van der Waals surface area contributed by atoms with Crippen molar-refractivity contribution < 1.29 is 18.4 Å². The quantitative estimate of drug-likeness (QED) is 0.360. The van der Waals surface area contributed by atoms with Crippen molar-refractivity contribution >= 4 is 5.84 Å². The summed E-state index contributed by atoms with van der Waals surface area (Å²) in [6.07, 6.45) is -2.68. The molecule has 0 radical (unpaired) electrons. The number of piperidine rings is 1. The Hall–Kier alpha value is -0.980. The third-order valence-electron chi connectivity index (χ3n) is 3.88. The van der Waals surface area contributed by atoms with Crippen molar-refractivity contribution in [3.05, 3.63) is 0 Å². The first-order valence-electron chi connectivity index (χ1n) is 6.52. The molecule has 4 nitrogen and oxygen atoms in total. The van der Waals surface area contributed by atoms with Crippen LogP contribution in [0, 0.1) is 17.8 Å². The SMILES string of the molecule is CC(C)C1CCN(CC(C(N)=NO)C(F)(F)F)CC1. The summed E-state index contributed by atoms with van der Waals surface area (Å²) in [5.41, 5.74) is 5.15. The van der Waals surface area contributed by atoms with Gasteiger partial charge in [0.2, 0.25) is 0 Å². The lowest BCUT2D eigenvalue weighted by molar-refractivity contribution is -0.161. The molecule has 1 saturated heterocycles.